The summed E-state index contributed by atoms with van der Waals surface area (Å²) in [6, 6.07) is 0. The molecule has 0 aliphatic rings. The summed E-state index contributed by atoms with van der Waals surface area (Å²) in [5.74, 6) is 1.37. The first-order chi connectivity index (χ1) is 7.48. The van der Waals surface area contributed by atoms with Gasteiger partial charge in [0.15, 0.2) is 9.84 Å². The molecule has 98 valence electrons. The lowest BCUT2D eigenvalue weighted by molar-refractivity contribution is 0.523. The third-order valence-corrected chi connectivity index (χ3v) is 4.35. The molecule has 16 heavy (non-hydrogen) atoms. The van der Waals surface area contributed by atoms with Crippen molar-refractivity contribution in [1.82, 2.24) is 5.32 Å². The Bertz CT molecular complexity index is 248. The van der Waals surface area contributed by atoms with E-state index in [1.165, 1.54) is 12.8 Å². The van der Waals surface area contributed by atoms with E-state index < -0.39 is 9.84 Å². The second kappa shape index (κ2) is 8.99. The summed E-state index contributed by atoms with van der Waals surface area (Å²) in [5, 5.41) is 3.19. The predicted octanol–water partition coefficient (Wildman–Crippen LogP) is 2.23. The van der Waals surface area contributed by atoms with Crippen LogP contribution in [0.3, 0.4) is 0 Å². The Balaban J connectivity index is 3.33. The van der Waals surface area contributed by atoms with E-state index in [1.807, 2.05) is 6.92 Å². The van der Waals surface area contributed by atoms with Crippen molar-refractivity contribution in [3.63, 3.8) is 0 Å². The van der Waals surface area contributed by atoms with E-state index in [2.05, 4.69) is 19.2 Å². The topological polar surface area (TPSA) is 46.2 Å². The molecule has 0 aromatic carbocycles. The van der Waals surface area contributed by atoms with Gasteiger partial charge in [-0.2, -0.15) is 0 Å². The van der Waals surface area contributed by atoms with Crippen molar-refractivity contribution in [3.8, 4) is 0 Å². The Morgan fingerprint density at radius 3 is 2.31 bits per heavy atom. The first kappa shape index (κ1) is 15.9. The Hall–Kier alpha value is -0.0900. The summed E-state index contributed by atoms with van der Waals surface area (Å²) in [5.41, 5.74) is 0. The molecule has 0 aromatic heterocycles. The van der Waals surface area contributed by atoms with Crippen molar-refractivity contribution >= 4 is 9.84 Å². The number of rotatable bonds is 10. The number of sulfone groups is 1. The molecule has 0 amide bonds. The van der Waals surface area contributed by atoms with E-state index >= 15 is 0 Å². The van der Waals surface area contributed by atoms with Gasteiger partial charge in [0.25, 0.3) is 0 Å². The van der Waals surface area contributed by atoms with E-state index in [0.717, 1.165) is 25.3 Å². The van der Waals surface area contributed by atoms with E-state index in [4.69, 9.17) is 0 Å². The summed E-state index contributed by atoms with van der Waals surface area (Å²) >= 11 is 0. The van der Waals surface area contributed by atoms with Gasteiger partial charge in [-0.1, -0.05) is 33.6 Å². The van der Waals surface area contributed by atoms with Gasteiger partial charge in [0.05, 0.1) is 5.75 Å². The van der Waals surface area contributed by atoms with Crippen molar-refractivity contribution in [1.29, 1.82) is 0 Å². The second-order valence-electron chi connectivity index (χ2n) is 4.79. The zero-order chi connectivity index (χ0) is 12.4. The highest BCUT2D eigenvalue weighted by Crippen LogP contribution is 2.04. The van der Waals surface area contributed by atoms with Crippen molar-refractivity contribution < 1.29 is 8.42 Å². The Morgan fingerprint density at radius 1 is 1.06 bits per heavy atom. The van der Waals surface area contributed by atoms with Crippen molar-refractivity contribution in [2.45, 2.75) is 46.5 Å². The lowest BCUT2D eigenvalue weighted by Crippen LogP contribution is -2.25. The fourth-order valence-corrected chi connectivity index (χ4v) is 2.85. The third-order valence-electron chi connectivity index (χ3n) is 2.49. The van der Waals surface area contributed by atoms with Crippen LogP contribution >= 0.6 is 0 Å². The average Bonchev–Trinajstić information content (AvgIpc) is 2.15. The van der Waals surface area contributed by atoms with E-state index in [0.29, 0.717) is 12.3 Å². The summed E-state index contributed by atoms with van der Waals surface area (Å²) in [7, 11) is -2.80. The van der Waals surface area contributed by atoms with Crippen LogP contribution < -0.4 is 5.32 Å². The molecule has 0 aliphatic carbocycles. The van der Waals surface area contributed by atoms with E-state index in [-0.39, 0.29) is 5.75 Å². The molecule has 3 nitrogen and oxygen atoms in total. The van der Waals surface area contributed by atoms with Crippen LogP contribution in [-0.2, 0) is 9.84 Å². The maximum Gasteiger partial charge on any atom is 0.151 e. The molecule has 0 unspecified atom stereocenters. The van der Waals surface area contributed by atoms with Gasteiger partial charge in [-0.25, -0.2) is 8.42 Å². The highest BCUT2D eigenvalue weighted by Gasteiger charge is 2.07. The number of hydrogen-bond acceptors (Lipinski definition) is 3. The molecule has 0 saturated carbocycles. The minimum Gasteiger partial charge on any atom is -0.316 e. The van der Waals surface area contributed by atoms with Gasteiger partial charge < -0.3 is 5.32 Å². The van der Waals surface area contributed by atoms with Crippen LogP contribution in [-0.4, -0.2) is 33.0 Å². The average molecular weight is 249 g/mol. The quantitative estimate of drug-likeness (QED) is 0.604. The van der Waals surface area contributed by atoms with E-state index in [9.17, 15) is 8.42 Å². The molecular weight excluding hydrogens is 222 g/mol. The Kier molecular flexibility index (Phi) is 8.94. The highest BCUT2D eigenvalue weighted by molar-refractivity contribution is 7.91. The van der Waals surface area contributed by atoms with Crippen LogP contribution in [0.2, 0.25) is 0 Å². The molecule has 0 radical (unpaired) electrons. The molecule has 0 atom stereocenters. The summed E-state index contributed by atoms with van der Waals surface area (Å²) in [6.45, 7) is 7.89. The van der Waals surface area contributed by atoms with Gasteiger partial charge in [-0.3, -0.25) is 0 Å². The molecule has 0 fully saturated rings. The fraction of sp³-hybridized carbons (Fsp3) is 1.00. The Labute approximate surface area is 101 Å². The van der Waals surface area contributed by atoms with Gasteiger partial charge in [-0.05, 0) is 25.3 Å². The molecule has 0 rings (SSSR count). The second-order valence-corrected chi connectivity index (χ2v) is 7.10. The van der Waals surface area contributed by atoms with Crippen LogP contribution in [0.15, 0.2) is 0 Å². The monoisotopic (exact) mass is 249 g/mol. The highest BCUT2D eigenvalue weighted by atomic mass is 32.2. The number of hydrogen-bond donors (Lipinski definition) is 1. The van der Waals surface area contributed by atoms with E-state index in [1.54, 1.807) is 0 Å². The van der Waals surface area contributed by atoms with Crippen molar-refractivity contribution in [2.24, 2.45) is 5.92 Å². The minimum absolute atomic E-state index is 0.283. The largest absolute Gasteiger partial charge is 0.316 e. The van der Waals surface area contributed by atoms with Crippen LogP contribution in [0.25, 0.3) is 0 Å². The zero-order valence-electron chi connectivity index (χ0n) is 11.0. The molecule has 0 spiro atoms. The van der Waals surface area contributed by atoms with Gasteiger partial charge in [0, 0.05) is 12.3 Å². The van der Waals surface area contributed by atoms with Crippen LogP contribution in [0.4, 0.5) is 0 Å². The van der Waals surface area contributed by atoms with Crippen LogP contribution in [0.1, 0.15) is 46.5 Å². The zero-order valence-corrected chi connectivity index (χ0v) is 11.8. The molecule has 0 heterocycles. The van der Waals surface area contributed by atoms with Crippen molar-refractivity contribution in [3.05, 3.63) is 0 Å². The normalized spacial score (nSPS) is 12.2. The fourth-order valence-electron chi connectivity index (χ4n) is 1.57. The third kappa shape index (κ3) is 10.4. The maximum atomic E-state index is 11.4. The summed E-state index contributed by atoms with van der Waals surface area (Å²) in [6.07, 6.45) is 4.35. The Morgan fingerprint density at radius 2 is 1.75 bits per heavy atom. The number of nitrogens with one attached hydrogen (secondary N) is 1. The SMILES string of the molecule is CCCS(=O)(=O)CCNCCCCC(C)C. The molecule has 0 aliphatic heterocycles. The molecular formula is C12H27NO2S. The first-order valence-corrected chi connectivity index (χ1v) is 8.21. The number of unbranched alkanes of at least 4 members (excludes halogenated alkanes) is 1. The smallest absolute Gasteiger partial charge is 0.151 e. The molecule has 1 N–H and O–H groups in total. The predicted molar refractivity (Wildman–Crippen MR) is 70.5 cm³/mol. The van der Waals surface area contributed by atoms with Crippen LogP contribution in [0.5, 0.6) is 0 Å². The maximum absolute atomic E-state index is 11.4. The van der Waals surface area contributed by atoms with Gasteiger partial charge in [0.2, 0.25) is 0 Å². The van der Waals surface area contributed by atoms with Gasteiger partial charge >= 0.3 is 0 Å². The molecule has 0 bridgehead atoms. The first-order valence-electron chi connectivity index (χ1n) is 6.39. The summed E-state index contributed by atoms with van der Waals surface area (Å²) in [4.78, 5) is 0. The molecule has 0 aromatic rings. The molecule has 4 heteroatoms. The van der Waals surface area contributed by atoms with Gasteiger partial charge in [-0.15, -0.1) is 0 Å². The lowest BCUT2D eigenvalue weighted by Gasteiger charge is -2.06. The lowest BCUT2D eigenvalue weighted by atomic mass is 10.1. The molecule has 0 saturated heterocycles. The summed E-state index contributed by atoms with van der Waals surface area (Å²) < 4.78 is 22.7. The minimum atomic E-state index is -2.80. The van der Waals surface area contributed by atoms with Gasteiger partial charge in [0.1, 0.15) is 0 Å². The van der Waals surface area contributed by atoms with Crippen molar-refractivity contribution in [2.75, 3.05) is 24.6 Å². The van der Waals surface area contributed by atoms with Crippen LogP contribution in [0, 0.1) is 5.92 Å². The standard InChI is InChI=1S/C12H27NO2S/c1-4-10-16(14,15)11-9-13-8-6-5-7-12(2)3/h12-13H,4-11H2,1-3H3.